The number of thiophene rings is 1. The molecule has 0 bridgehead atoms. The number of methoxy groups -OCH3 is 1. The summed E-state index contributed by atoms with van der Waals surface area (Å²) in [6.45, 7) is -0.104. The molecular weight excluding hydrogens is 402 g/mol. The van der Waals surface area contributed by atoms with Crippen molar-refractivity contribution in [2.24, 2.45) is 5.10 Å². The third-order valence-electron chi connectivity index (χ3n) is 4.92. The molecule has 2 aromatic heterocycles. The second-order valence-electron chi connectivity index (χ2n) is 6.89. The molecule has 3 aromatic rings. The van der Waals surface area contributed by atoms with Crippen LogP contribution in [0, 0.1) is 0 Å². The fourth-order valence-electron chi connectivity index (χ4n) is 3.35. The van der Waals surface area contributed by atoms with E-state index >= 15 is 0 Å². The van der Waals surface area contributed by atoms with Gasteiger partial charge in [-0.1, -0.05) is 18.2 Å². The number of ether oxygens (including phenoxy) is 1. The smallest absolute Gasteiger partial charge is 0.289 e. The lowest BCUT2D eigenvalue weighted by Gasteiger charge is -2.24. The van der Waals surface area contributed by atoms with Crippen molar-refractivity contribution >= 4 is 28.9 Å². The van der Waals surface area contributed by atoms with E-state index in [9.17, 15) is 9.59 Å². The van der Waals surface area contributed by atoms with E-state index in [1.54, 1.807) is 37.6 Å². The molecule has 1 aliphatic rings. The van der Waals surface area contributed by atoms with Crippen LogP contribution < -0.4 is 4.74 Å². The largest absolute Gasteiger partial charge is 0.497 e. The highest BCUT2D eigenvalue weighted by Gasteiger charge is 2.34. The van der Waals surface area contributed by atoms with Crippen LogP contribution in [0.25, 0.3) is 0 Å². The maximum atomic E-state index is 13.1. The van der Waals surface area contributed by atoms with Crippen LogP contribution >= 0.6 is 11.3 Å². The number of amides is 2. The van der Waals surface area contributed by atoms with Gasteiger partial charge in [0.2, 0.25) is 0 Å². The van der Waals surface area contributed by atoms with Gasteiger partial charge in [0.25, 0.3) is 11.8 Å². The summed E-state index contributed by atoms with van der Waals surface area (Å²) < 4.78 is 10.4. The SMILES string of the molecule is COc1ccc([C@H]2CC(c3cccs3)=NN2C(=O)CN(C)C(=O)c2ccco2)cc1. The van der Waals surface area contributed by atoms with Crippen LogP contribution in [0.5, 0.6) is 5.75 Å². The maximum absolute atomic E-state index is 13.1. The molecule has 3 heterocycles. The van der Waals surface area contributed by atoms with Crippen LogP contribution in [0.4, 0.5) is 0 Å². The first kappa shape index (κ1) is 19.9. The lowest BCUT2D eigenvalue weighted by atomic mass is 10.0. The van der Waals surface area contributed by atoms with E-state index in [0.717, 1.165) is 21.9 Å². The van der Waals surface area contributed by atoms with Crippen molar-refractivity contribution in [2.75, 3.05) is 20.7 Å². The van der Waals surface area contributed by atoms with E-state index in [1.165, 1.54) is 16.2 Å². The molecule has 0 saturated heterocycles. The first-order valence-corrected chi connectivity index (χ1v) is 10.3. The van der Waals surface area contributed by atoms with Crippen LogP contribution in [-0.2, 0) is 4.79 Å². The lowest BCUT2D eigenvalue weighted by Crippen LogP contribution is -2.39. The van der Waals surface area contributed by atoms with Gasteiger partial charge in [-0.05, 0) is 41.3 Å². The molecular formula is C22H21N3O4S. The molecule has 0 saturated carbocycles. The minimum Gasteiger partial charge on any atom is -0.497 e. The van der Waals surface area contributed by atoms with Crippen molar-refractivity contribution in [3.63, 3.8) is 0 Å². The van der Waals surface area contributed by atoms with Crippen molar-refractivity contribution in [3.8, 4) is 5.75 Å². The molecule has 1 aromatic carbocycles. The van der Waals surface area contributed by atoms with Crippen molar-refractivity contribution in [2.45, 2.75) is 12.5 Å². The molecule has 2 amide bonds. The Morgan fingerprint density at radius 2 is 2.03 bits per heavy atom. The van der Waals surface area contributed by atoms with E-state index in [-0.39, 0.29) is 30.2 Å². The summed E-state index contributed by atoms with van der Waals surface area (Å²) in [5.74, 6) is 0.333. The molecule has 154 valence electrons. The molecule has 0 N–H and O–H groups in total. The Balaban J connectivity index is 1.57. The highest BCUT2D eigenvalue weighted by atomic mass is 32.1. The number of hydrogen-bond donors (Lipinski definition) is 0. The Hall–Kier alpha value is -3.39. The first-order valence-electron chi connectivity index (χ1n) is 9.43. The highest BCUT2D eigenvalue weighted by Crippen LogP contribution is 2.34. The van der Waals surface area contributed by atoms with Gasteiger partial charge in [-0.3, -0.25) is 9.59 Å². The topological polar surface area (TPSA) is 75.3 Å². The molecule has 30 heavy (non-hydrogen) atoms. The number of hydrazone groups is 1. The monoisotopic (exact) mass is 423 g/mol. The summed E-state index contributed by atoms with van der Waals surface area (Å²) >= 11 is 1.59. The summed E-state index contributed by atoms with van der Waals surface area (Å²) in [6, 6.07) is 14.5. The van der Waals surface area contributed by atoms with Crippen LogP contribution in [0.1, 0.15) is 33.5 Å². The van der Waals surface area contributed by atoms with Crippen LogP contribution in [-0.4, -0.2) is 48.1 Å². The number of likely N-dealkylation sites (N-methyl/N-ethyl adjacent to an activating group) is 1. The average Bonchev–Trinajstić information content (AvgIpc) is 3.54. The second kappa shape index (κ2) is 8.54. The van der Waals surface area contributed by atoms with E-state index in [2.05, 4.69) is 5.10 Å². The Bertz CT molecular complexity index is 1040. The van der Waals surface area contributed by atoms with Crippen LogP contribution in [0.2, 0.25) is 0 Å². The summed E-state index contributed by atoms with van der Waals surface area (Å²) in [5.41, 5.74) is 1.82. The zero-order chi connectivity index (χ0) is 21.1. The molecule has 8 heteroatoms. The van der Waals surface area contributed by atoms with Gasteiger partial charge in [0.15, 0.2) is 5.76 Å². The Labute approximate surface area is 178 Å². The summed E-state index contributed by atoms with van der Waals surface area (Å²) in [5, 5.41) is 8.10. The number of furan rings is 1. The van der Waals surface area contributed by atoms with E-state index in [4.69, 9.17) is 9.15 Å². The Morgan fingerprint density at radius 3 is 2.67 bits per heavy atom. The van der Waals surface area contributed by atoms with Gasteiger partial charge in [-0.2, -0.15) is 5.10 Å². The highest BCUT2D eigenvalue weighted by molar-refractivity contribution is 7.12. The van der Waals surface area contributed by atoms with Gasteiger partial charge < -0.3 is 14.1 Å². The lowest BCUT2D eigenvalue weighted by molar-refractivity contribution is -0.133. The van der Waals surface area contributed by atoms with Gasteiger partial charge in [0.1, 0.15) is 12.3 Å². The molecule has 4 rings (SSSR count). The average molecular weight is 423 g/mol. The van der Waals surface area contributed by atoms with E-state index in [0.29, 0.717) is 6.42 Å². The molecule has 7 nitrogen and oxygen atoms in total. The summed E-state index contributed by atoms with van der Waals surface area (Å²) in [7, 11) is 3.19. The summed E-state index contributed by atoms with van der Waals surface area (Å²) in [6.07, 6.45) is 2.04. The summed E-state index contributed by atoms with van der Waals surface area (Å²) in [4.78, 5) is 27.9. The fourth-order valence-corrected chi connectivity index (χ4v) is 4.07. The molecule has 0 spiro atoms. The maximum Gasteiger partial charge on any atom is 0.289 e. The Morgan fingerprint density at radius 1 is 1.23 bits per heavy atom. The molecule has 0 aliphatic carbocycles. The van der Waals surface area contributed by atoms with Crippen molar-refractivity contribution < 1.29 is 18.7 Å². The van der Waals surface area contributed by atoms with Gasteiger partial charge >= 0.3 is 0 Å². The normalized spacial score (nSPS) is 15.7. The quantitative estimate of drug-likeness (QED) is 0.604. The molecule has 0 radical (unpaired) electrons. The first-order chi connectivity index (χ1) is 14.6. The number of rotatable bonds is 6. The van der Waals surface area contributed by atoms with Crippen LogP contribution in [0.3, 0.4) is 0 Å². The minimum absolute atomic E-state index is 0.104. The predicted octanol–water partition coefficient (Wildman–Crippen LogP) is 3.80. The van der Waals surface area contributed by atoms with E-state index < -0.39 is 0 Å². The van der Waals surface area contributed by atoms with Crippen molar-refractivity contribution in [1.29, 1.82) is 0 Å². The number of benzene rings is 1. The molecule has 1 aliphatic heterocycles. The van der Waals surface area contributed by atoms with Gasteiger partial charge in [0.05, 0.1) is 30.0 Å². The zero-order valence-corrected chi connectivity index (χ0v) is 17.5. The number of carbonyl (C=O) groups excluding carboxylic acids is 2. The van der Waals surface area contributed by atoms with Gasteiger partial charge in [-0.25, -0.2) is 5.01 Å². The molecule has 0 unspecified atom stereocenters. The third kappa shape index (κ3) is 3.99. The molecule has 0 fully saturated rings. The second-order valence-corrected chi connectivity index (χ2v) is 7.84. The van der Waals surface area contributed by atoms with Gasteiger partial charge in [-0.15, -0.1) is 11.3 Å². The van der Waals surface area contributed by atoms with E-state index in [1.807, 2.05) is 41.8 Å². The van der Waals surface area contributed by atoms with Crippen molar-refractivity contribution in [3.05, 3.63) is 76.4 Å². The molecule has 1 atom stereocenters. The van der Waals surface area contributed by atoms with Crippen molar-refractivity contribution in [1.82, 2.24) is 9.91 Å². The number of carbonyl (C=O) groups is 2. The standard InChI is InChI=1S/C22H21N3O4S/c1-24(22(27)19-5-3-11-29-19)14-21(26)25-18(15-7-9-16(28-2)10-8-15)13-17(23-25)20-6-4-12-30-20/h3-12,18H,13-14H2,1-2H3/t18-/m1/s1. The zero-order valence-electron chi connectivity index (χ0n) is 16.6. The third-order valence-corrected chi connectivity index (χ3v) is 5.84. The fraction of sp³-hybridized carbons (Fsp3) is 0.227. The Kier molecular flexibility index (Phi) is 5.67. The predicted molar refractivity (Wildman–Crippen MR) is 114 cm³/mol. The van der Waals surface area contributed by atoms with Gasteiger partial charge in [0, 0.05) is 13.5 Å². The van der Waals surface area contributed by atoms with Crippen LogP contribution in [0.15, 0.2) is 69.7 Å². The minimum atomic E-state index is -0.351. The number of nitrogens with zero attached hydrogens (tertiary/aromatic N) is 3. The number of hydrogen-bond acceptors (Lipinski definition) is 6.